The number of benzene rings is 3. The summed E-state index contributed by atoms with van der Waals surface area (Å²) in [7, 11) is -2.95. The first-order chi connectivity index (χ1) is 14.6. The summed E-state index contributed by atoms with van der Waals surface area (Å²) in [5.74, 6) is -1.83. The van der Waals surface area contributed by atoms with Crippen molar-refractivity contribution in [1.29, 1.82) is 0 Å². The number of rotatable bonds is 4. The van der Waals surface area contributed by atoms with Crippen molar-refractivity contribution < 1.29 is 31.1 Å². The van der Waals surface area contributed by atoms with Crippen molar-refractivity contribution in [1.82, 2.24) is 4.72 Å². The highest BCUT2D eigenvalue weighted by atomic mass is 32.2. The summed E-state index contributed by atoms with van der Waals surface area (Å²) in [5, 5.41) is 1.12. The van der Waals surface area contributed by atoms with Crippen LogP contribution >= 0.6 is 0 Å². The number of carbonyl (C=O) groups is 1. The van der Waals surface area contributed by atoms with Crippen LogP contribution in [0.2, 0.25) is 0 Å². The Hall–Kier alpha value is -3.07. The highest BCUT2D eigenvalue weighted by Gasteiger charge is 2.41. The molecule has 0 spiro atoms. The lowest BCUT2D eigenvalue weighted by molar-refractivity contribution is -0.138. The zero-order valence-corrected chi connectivity index (χ0v) is 17.2. The predicted octanol–water partition coefficient (Wildman–Crippen LogP) is 4.40. The Balaban J connectivity index is 1.71. The fourth-order valence-corrected chi connectivity index (χ4v) is 5.37. The van der Waals surface area contributed by atoms with E-state index in [1.165, 1.54) is 13.2 Å². The Morgan fingerprint density at radius 2 is 1.77 bits per heavy atom. The standard InChI is InChI=1S/C22H18F3NO4S/c1-30-18-12-11-17(22(23,24)25)15-9-10-16(20(15)18)21(27)26-31(28,29)19-8-4-6-13-5-2-3-7-14(13)19/h2-8,11-12,16H,9-10H2,1H3,(H,26,27)/t16-/m1/s1. The van der Waals surface area contributed by atoms with Gasteiger partial charge in [-0.25, -0.2) is 13.1 Å². The minimum Gasteiger partial charge on any atom is -0.496 e. The molecule has 5 nitrogen and oxygen atoms in total. The fraction of sp³-hybridized carbons (Fsp3) is 0.227. The van der Waals surface area contributed by atoms with Gasteiger partial charge in [-0.15, -0.1) is 0 Å². The molecule has 3 aromatic rings. The second kappa shape index (κ2) is 7.56. The smallest absolute Gasteiger partial charge is 0.416 e. The second-order valence-corrected chi connectivity index (χ2v) is 8.89. The van der Waals surface area contributed by atoms with Crippen LogP contribution in [0, 0.1) is 0 Å². The highest BCUT2D eigenvalue weighted by Crippen LogP contribution is 2.45. The number of carbonyl (C=O) groups excluding carboxylic acids is 1. The summed E-state index contributed by atoms with van der Waals surface area (Å²) in [6.07, 6.45) is -4.54. The Morgan fingerprint density at radius 3 is 2.48 bits per heavy atom. The van der Waals surface area contributed by atoms with Crippen LogP contribution in [0.1, 0.15) is 29.0 Å². The van der Waals surface area contributed by atoms with Crippen molar-refractivity contribution >= 4 is 26.7 Å². The zero-order chi connectivity index (χ0) is 22.4. The highest BCUT2D eigenvalue weighted by molar-refractivity contribution is 7.90. The SMILES string of the molecule is COc1ccc(C(F)(F)F)c2c1[C@H](C(=O)NS(=O)(=O)c1cccc3ccccc13)CC2. The van der Waals surface area contributed by atoms with Crippen LogP contribution < -0.4 is 9.46 Å². The molecule has 0 unspecified atom stereocenters. The predicted molar refractivity (Wildman–Crippen MR) is 108 cm³/mol. The van der Waals surface area contributed by atoms with Crippen molar-refractivity contribution in [2.75, 3.05) is 7.11 Å². The Morgan fingerprint density at radius 1 is 1.06 bits per heavy atom. The van der Waals surface area contributed by atoms with E-state index in [0.29, 0.717) is 10.8 Å². The lowest BCUT2D eigenvalue weighted by Gasteiger charge is -2.18. The number of sulfonamides is 1. The van der Waals surface area contributed by atoms with Gasteiger partial charge in [0.1, 0.15) is 5.75 Å². The van der Waals surface area contributed by atoms with Crippen LogP contribution in [0.5, 0.6) is 5.75 Å². The summed E-state index contributed by atoms with van der Waals surface area (Å²) >= 11 is 0. The van der Waals surface area contributed by atoms with Crippen molar-refractivity contribution in [2.45, 2.75) is 29.8 Å². The molecular weight excluding hydrogens is 431 g/mol. The van der Waals surface area contributed by atoms with Gasteiger partial charge in [0.25, 0.3) is 10.0 Å². The Bertz CT molecular complexity index is 1280. The maximum Gasteiger partial charge on any atom is 0.416 e. The van der Waals surface area contributed by atoms with E-state index in [9.17, 15) is 26.4 Å². The van der Waals surface area contributed by atoms with E-state index >= 15 is 0 Å². The minimum atomic E-state index is -4.59. The van der Waals surface area contributed by atoms with Gasteiger partial charge in [0.05, 0.1) is 23.5 Å². The van der Waals surface area contributed by atoms with E-state index in [0.717, 1.165) is 12.1 Å². The molecule has 0 saturated heterocycles. The van der Waals surface area contributed by atoms with Gasteiger partial charge >= 0.3 is 6.18 Å². The maximum atomic E-state index is 13.4. The van der Waals surface area contributed by atoms with Crippen LogP contribution in [0.4, 0.5) is 13.2 Å². The molecule has 0 radical (unpaired) electrons. The van der Waals surface area contributed by atoms with Gasteiger partial charge in [-0.05, 0) is 42.0 Å². The summed E-state index contributed by atoms with van der Waals surface area (Å²) in [6.45, 7) is 0. The third kappa shape index (κ3) is 3.74. The topological polar surface area (TPSA) is 72.5 Å². The number of nitrogens with one attached hydrogen (secondary N) is 1. The number of methoxy groups -OCH3 is 1. The monoisotopic (exact) mass is 449 g/mol. The molecule has 1 N–H and O–H groups in total. The average Bonchev–Trinajstić information content (AvgIpc) is 3.17. The van der Waals surface area contributed by atoms with E-state index in [1.807, 2.05) is 0 Å². The van der Waals surface area contributed by atoms with Crippen molar-refractivity contribution in [2.24, 2.45) is 0 Å². The van der Waals surface area contributed by atoms with Crippen molar-refractivity contribution in [3.05, 3.63) is 71.3 Å². The van der Waals surface area contributed by atoms with Crippen LogP contribution in [-0.2, 0) is 27.4 Å². The summed E-state index contributed by atoms with van der Waals surface area (Å²) in [5.41, 5.74) is -0.784. The van der Waals surface area contributed by atoms with Crippen LogP contribution in [0.3, 0.4) is 0 Å². The molecule has 1 aliphatic rings. The van der Waals surface area contributed by atoms with Crippen molar-refractivity contribution in [3.63, 3.8) is 0 Å². The van der Waals surface area contributed by atoms with E-state index in [1.54, 1.807) is 36.4 Å². The molecule has 3 aromatic carbocycles. The van der Waals surface area contributed by atoms with Gasteiger partial charge in [0, 0.05) is 10.9 Å². The molecule has 0 aliphatic heterocycles. The number of halogens is 3. The first kappa shape index (κ1) is 21.2. The molecule has 9 heteroatoms. The molecule has 31 heavy (non-hydrogen) atoms. The Labute approximate surface area is 176 Å². The van der Waals surface area contributed by atoms with Crippen LogP contribution in [-0.4, -0.2) is 21.4 Å². The summed E-state index contributed by atoms with van der Waals surface area (Å²) < 4.78 is 73.4. The summed E-state index contributed by atoms with van der Waals surface area (Å²) in [4.78, 5) is 12.9. The van der Waals surface area contributed by atoms with E-state index in [4.69, 9.17) is 4.74 Å². The molecule has 0 fully saturated rings. The molecule has 0 aromatic heterocycles. The molecule has 1 aliphatic carbocycles. The van der Waals surface area contributed by atoms with Crippen LogP contribution in [0.25, 0.3) is 10.8 Å². The molecule has 1 amide bonds. The van der Waals surface area contributed by atoms with Gasteiger partial charge in [0.2, 0.25) is 5.91 Å². The van der Waals surface area contributed by atoms with E-state index in [-0.39, 0.29) is 34.6 Å². The van der Waals surface area contributed by atoms with E-state index < -0.39 is 33.6 Å². The van der Waals surface area contributed by atoms with Gasteiger partial charge in [-0.1, -0.05) is 36.4 Å². The first-order valence-corrected chi connectivity index (χ1v) is 10.9. The Kier molecular flexibility index (Phi) is 5.17. The maximum absolute atomic E-state index is 13.4. The first-order valence-electron chi connectivity index (χ1n) is 9.45. The molecular formula is C22H18F3NO4S. The van der Waals surface area contributed by atoms with Gasteiger partial charge in [-0.3, -0.25) is 4.79 Å². The molecule has 162 valence electrons. The molecule has 0 saturated carbocycles. The normalized spacial score (nSPS) is 16.2. The molecule has 4 rings (SSSR count). The number of ether oxygens (including phenoxy) is 1. The van der Waals surface area contributed by atoms with E-state index in [2.05, 4.69) is 4.72 Å². The lowest BCUT2D eigenvalue weighted by atomic mass is 9.96. The third-order valence-electron chi connectivity index (χ3n) is 5.46. The largest absolute Gasteiger partial charge is 0.496 e. The number of hydrogen-bond acceptors (Lipinski definition) is 4. The van der Waals surface area contributed by atoms with Gasteiger partial charge in [-0.2, -0.15) is 13.2 Å². The lowest BCUT2D eigenvalue weighted by Crippen LogP contribution is -2.34. The van der Waals surface area contributed by atoms with Gasteiger partial charge in [0.15, 0.2) is 0 Å². The molecule has 0 heterocycles. The summed E-state index contributed by atoms with van der Waals surface area (Å²) in [6, 6.07) is 13.6. The fourth-order valence-electron chi connectivity index (χ4n) is 4.12. The minimum absolute atomic E-state index is 0.00617. The zero-order valence-electron chi connectivity index (χ0n) is 16.4. The number of fused-ring (bicyclic) bond motifs is 2. The second-order valence-electron chi connectivity index (χ2n) is 7.24. The number of alkyl halides is 3. The number of amides is 1. The van der Waals surface area contributed by atoms with Crippen molar-refractivity contribution in [3.8, 4) is 5.75 Å². The molecule has 1 atom stereocenters. The third-order valence-corrected chi connectivity index (χ3v) is 6.87. The quantitative estimate of drug-likeness (QED) is 0.641. The average molecular weight is 449 g/mol. The van der Waals surface area contributed by atoms with Crippen LogP contribution in [0.15, 0.2) is 59.5 Å². The number of hydrogen-bond donors (Lipinski definition) is 1. The van der Waals surface area contributed by atoms with Gasteiger partial charge < -0.3 is 4.74 Å². The molecule has 0 bridgehead atoms.